The molecule has 2 amide bonds. The van der Waals surface area contributed by atoms with Gasteiger partial charge in [-0.3, -0.25) is 9.59 Å². The van der Waals surface area contributed by atoms with Crippen molar-refractivity contribution in [2.75, 3.05) is 5.32 Å². The van der Waals surface area contributed by atoms with Crippen LogP contribution in [-0.2, 0) is 15.0 Å². The number of benzene rings is 3. The SMILES string of the molecule is Cc1ccc(F)cc1[C@H]1NC(=O)C[C@@H](c2cccc(Cl)c2)[C@]12C(=O)Nc1cc(Br)ccc12. The number of piperidine rings is 1. The number of hydrogen-bond donors (Lipinski definition) is 2. The van der Waals surface area contributed by atoms with Gasteiger partial charge in [0.05, 0.1) is 6.04 Å². The highest BCUT2D eigenvalue weighted by Gasteiger charge is 2.61. The van der Waals surface area contributed by atoms with Crippen molar-refractivity contribution < 1.29 is 14.0 Å². The van der Waals surface area contributed by atoms with Crippen LogP contribution >= 0.6 is 27.5 Å². The molecule has 32 heavy (non-hydrogen) atoms. The molecule has 2 aliphatic heterocycles. The van der Waals surface area contributed by atoms with E-state index in [1.807, 2.05) is 37.3 Å². The zero-order valence-electron chi connectivity index (χ0n) is 17.1. The fraction of sp³-hybridized carbons (Fsp3) is 0.200. The Balaban J connectivity index is 1.83. The Hall–Kier alpha value is -2.70. The van der Waals surface area contributed by atoms with Gasteiger partial charge in [0.15, 0.2) is 0 Å². The molecule has 0 radical (unpaired) electrons. The average molecular weight is 514 g/mol. The molecule has 5 rings (SSSR count). The molecule has 0 aromatic heterocycles. The van der Waals surface area contributed by atoms with Crippen LogP contribution in [0.15, 0.2) is 65.1 Å². The summed E-state index contributed by atoms with van der Waals surface area (Å²) in [6.07, 6.45) is 0.105. The van der Waals surface area contributed by atoms with Crippen LogP contribution in [0.2, 0.25) is 5.02 Å². The largest absolute Gasteiger partial charge is 0.348 e. The van der Waals surface area contributed by atoms with Crippen LogP contribution in [0.25, 0.3) is 0 Å². The number of carbonyl (C=O) groups excluding carboxylic acids is 2. The molecule has 2 N–H and O–H groups in total. The van der Waals surface area contributed by atoms with Crippen LogP contribution in [0.1, 0.15) is 40.6 Å². The van der Waals surface area contributed by atoms with E-state index < -0.39 is 23.2 Å². The minimum absolute atomic E-state index is 0.105. The molecule has 2 aliphatic rings. The Kier molecular flexibility index (Phi) is 5.10. The molecule has 3 atom stereocenters. The van der Waals surface area contributed by atoms with Crippen molar-refractivity contribution in [2.45, 2.75) is 30.7 Å². The van der Waals surface area contributed by atoms with Gasteiger partial charge in [-0.1, -0.05) is 51.8 Å². The molecule has 1 spiro atoms. The number of aryl methyl sites for hydroxylation is 1. The number of rotatable bonds is 2. The third-order valence-electron chi connectivity index (χ3n) is 6.55. The van der Waals surface area contributed by atoms with Gasteiger partial charge in [-0.25, -0.2) is 4.39 Å². The van der Waals surface area contributed by atoms with E-state index in [1.165, 1.54) is 12.1 Å². The first-order valence-electron chi connectivity index (χ1n) is 10.2. The minimum atomic E-state index is -1.17. The number of amides is 2. The third kappa shape index (κ3) is 3.16. The summed E-state index contributed by atoms with van der Waals surface area (Å²) < 4.78 is 15.2. The molecule has 2 heterocycles. The topological polar surface area (TPSA) is 58.2 Å². The van der Waals surface area contributed by atoms with Crippen LogP contribution in [-0.4, -0.2) is 11.8 Å². The molecular weight excluding hydrogens is 495 g/mol. The van der Waals surface area contributed by atoms with Crippen molar-refractivity contribution in [2.24, 2.45) is 0 Å². The van der Waals surface area contributed by atoms with Crippen LogP contribution in [0.5, 0.6) is 0 Å². The Bertz CT molecular complexity index is 1280. The van der Waals surface area contributed by atoms with Crippen molar-refractivity contribution in [1.29, 1.82) is 0 Å². The van der Waals surface area contributed by atoms with E-state index >= 15 is 0 Å². The molecule has 0 aliphatic carbocycles. The highest BCUT2D eigenvalue weighted by molar-refractivity contribution is 9.10. The average Bonchev–Trinajstić information content (AvgIpc) is 3.02. The van der Waals surface area contributed by atoms with E-state index in [2.05, 4.69) is 26.6 Å². The smallest absolute Gasteiger partial charge is 0.238 e. The molecule has 0 unspecified atom stereocenters. The van der Waals surface area contributed by atoms with Crippen LogP contribution in [0, 0.1) is 12.7 Å². The zero-order valence-corrected chi connectivity index (χ0v) is 19.4. The van der Waals surface area contributed by atoms with Crippen LogP contribution < -0.4 is 10.6 Å². The van der Waals surface area contributed by atoms with Gasteiger partial charge in [0, 0.05) is 27.5 Å². The first-order valence-corrected chi connectivity index (χ1v) is 11.4. The summed E-state index contributed by atoms with van der Waals surface area (Å²) in [4.78, 5) is 26.8. The number of carbonyl (C=O) groups is 2. The molecule has 3 aromatic rings. The summed E-state index contributed by atoms with van der Waals surface area (Å²) in [5.74, 6) is -1.35. The molecule has 7 heteroatoms. The Labute approximate surface area is 198 Å². The summed E-state index contributed by atoms with van der Waals surface area (Å²) in [7, 11) is 0. The Morgan fingerprint density at radius 3 is 2.69 bits per heavy atom. The van der Waals surface area contributed by atoms with Crippen LogP contribution in [0.3, 0.4) is 0 Å². The molecule has 162 valence electrons. The predicted molar refractivity (Wildman–Crippen MR) is 125 cm³/mol. The molecule has 1 fully saturated rings. The van der Waals surface area contributed by atoms with Crippen molar-refractivity contribution in [3.05, 3.63) is 98.2 Å². The predicted octanol–water partition coefficient (Wildman–Crippen LogP) is 5.78. The number of halogens is 3. The number of anilines is 1. The second kappa shape index (κ2) is 7.71. The van der Waals surface area contributed by atoms with Gasteiger partial charge in [0.25, 0.3) is 0 Å². The van der Waals surface area contributed by atoms with E-state index in [1.54, 1.807) is 18.2 Å². The highest BCUT2D eigenvalue weighted by atomic mass is 79.9. The zero-order chi connectivity index (χ0) is 22.6. The van der Waals surface area contributed by atoms with Gasteiger partial charge >= 0.3 is 0 Å². The summed E-state index contributed by atoms with van der Waals surface area (Å²) in [6, 6.07) is 16.6. The molecule has 0 saturated carbocycles. The maximum atomic E-state index is 14.4. The minimum Gasteiger partial charge on any atom is -0.348 e. The fourth-order valence-electron chi connectivity index (χ4n) is 5.19. The first-order chi connectivity index (χ1) is 15.3. The van der Waals surface area contributed by atoms with E-state index in [4.69, 9.17) is 11.6 Å². The number of hydrogen-bond acceptors (Lipinski definition) is 2. The van der Waals surface area contributed by atoms with Crippen molar-refractivity contribution in [3.63, 3.8) is 0 Å². The summed E-state index contributed by atoms with van der Waals surface area (Å²) in [6.45, 7) is 1.85. The normalized spacial score (nSPS) is 24.2. The lowest BCUT2D eigenvalue weighted by Gasteiger charge is -2.46. The van der Waals surface area contributed by atoms with E-state index in [0.717, 1.165) is 21.2 Å². The maximum Gasteiger partial charge on any atom is 0.238 e. The highest BCUT2D eigenvalue weighted by Crippen LogP contribution is 2.57. The lowest BCUT2D eigenvalue weighted by molar-refractivity contribution is -0.131. The van der Waals surface area contributed by atoms with Gasteiger partial charge in [0.2, 0.25) is 11.8 Å². The molecular formula is C25H19BrClFN2O2. The van der Waals surface area contributed by atoms with Gasteiger partial charge in [-0.05, 0) is 65.6 Å². The lowest BCUT2D eigenvalue weighted by Crippen LogP contribution is -2.57. The lowest BCUT2D eigenvalue weighted by atomic mass is 9.59. The van der Waals surface area contributed by atoms with E-state index in [0.29, 0.717) is 16.3 Å². The summed E-state index contributed by atoms with van der Waals surface area (Å²) in [5, 5.41) is 6.56. The van der Waals surface area contributed by atoms with Crippen molar-refractivity contribution in [3.8, 4) is 0 Å². The third-order valence-corrected chi connectivity index (χ3v) is 7.28. The molecule has 3 aromatic carbocycles. The monoisotopic (exact) mass is 512 g/mol. The van der Waals surface area contributed by atoms with Gasteiger partial charge in [0.1, 0.15) is 11.2 Å². The van der Waals surface area contributed by atoms with Crippen LogP contribution in [0.4, 0.5) is 10.1 Å². The maximum absolute atomic E-state index is 14.4. The van der Waals surface area contributed by atoms with Crippen molar-refractivity contribution in [1.82, 2.24) is 5.32 Å². The summed E-state index contributed by atoms with van der Waals surface area (Å²) >= 11 is 9.76. The summed E-state index contributed by atoms with van der Waals surface area (Å²) in [5.41, 5.74) is 2.43. The van der Waals surface area contributed by atoms with E-state index in [-0.39, 0.29) is 18.2 Å². The Morgan fingerprint density at radius 1 is 1.09 bits per heavy atom. The number of fused-ring (bicyclic) bond motifs is 2. The Morgan fingerprint density at radius 2 is 1.91 bits per heavy atom. The first kappa shape index (κ1) is 21.2. The second-order valence-electron chi connectivity index (χ2n) is 8.33. The van der Waals surface area contributed by atoms with Gasteiger partial charge in [-0.2, -0.15) is 0 Å². The number of nitrogens with one attached hydrogen (secondary N) is 2. The molecule has 1 saturated heterocycles. The van der Waals surface area contributed by atoms with Gasteiger partial charge in [-0.15, -0.1) is 0 Å². The molecule has 0 bridgehead atoms. The van der Waals surface area contributed by atoms with Crippen molar-refractivity contribution >= 4 is 45.0 Å². The quantitative estimate of drug-likeness (QED) is 0.456. The van der Waals surface area contributed by atoms with E-state index in [9.17, 15) is 14.0 Å². The second-order valence-corrected chi connectivity index (χ2v) is 9.68. The molecule has 4 nitrogen and oxygen atoms in total. The standard InChI is InChI=1S/C25H19BrClFN2O2/c1-13-5-7-17(28)11-18(13)23-25(19-8-6-15(26)10-21(19)29-24(25)32)20(12-22(31)30-23)14-3-2-4-16(27)9-14/h2-11,20,23H,12H2,1H3,(H,29,32)(H,30,31)/t20-,23+,25-/m0/s1. The fourth-order valence-corrected chi connectivity index (χ4v) is 5.75. The van der Waals surface area contributed by atoms with Gasteiger partial charge < -0.3 is 10.6 Å².